The summed E-state index contributed by atoms with van der Waals surface area (Å²) < 4.78 is 28.9. The SMILES string of the molecule is CCCC[C@H]1NC(=O)[C@H](Cc2c[nH]c3ccccc23)NC(=O)[C@@H](CC(=O)O)NC(=O)C(CCCNC(=N)N)NC(=O)CNC(=O)[C@@H](CO)NC(=O)[C@@H]([C@@H](C)CC)NC(=O)[C@@H](Cc2ccc3ccccc3c2)NC(=O)CS(=O)(=O)[C@@H](C(N)=O)NC(=O)[C@H](C(C)C)NC(=O)[C@H](Cc2c[nH]c3ccccc23)NC(=O)[C@H](CCCCN)NC1=O. The Hall–Kier alpha value is -12.1. The summed E-state index contributed by atoms with van der Waals surface area (Å²) in [5.74, 6) is -20.6. The van der Waals surface area contributed by atoms with Crippen molar-refractivity contribution in [1.82, 2.24) is 79.1 Å². The van der Waals surface area contributed by atoms with Gasteiger partial charge in [0.2, 0.25) is 76.3 Å². The van der Waals surface area contributed by atoms with Crippen molar-refractivity contribution in [2.75, 3.05) is 32.0 Å². The van der Waals surface area contributed by atoms with Crippen LogP contribution in [0.5, 0.6) is 0 Å². The molecule has 115 heavy (non-hydrogen) atoms. The second-order valence-corrected chi connectivity index (χ2v) is 30.8. The number of primary amides is 1. The highest BCUT2D eigenvalue weighted by molar-refractivity contribution is 7.93. The predicted octanol–water partition coefficient (Wildman–Crippen LogP) is -2.10. The van der Waals surface area contributed by atoms with Crippen LogP contribution in [0.2, 0.25) is 0 Å². The maximum absolute atomic E-state index is 15.1. The summed E-state index contributed by atoms with van der Waals surface area (Å²) in [5, 5.41) is 60.7. The van der Waals surface area contributed by atoms with Gasteiger partial charge in [0.1, 0.15) is 66.2 Å². The summed E-state index contributed by atoms with van der Waals surface area (Å²) in [6.45, 7) is 5.92. The number of nitrogens with one attached hydrogen (secondary N) is 16. The first-order valence-electron chi connectivity index (χ1n) is 38.0. The summed E-state index contributed by atoms with van der Waals surface area (Å²) in [4.78, 5) is 207. The van der Waals surface area contributed by atoms with Crippen LogP contribution in [-0.4, -0.2) is 215 Å². The lowest BCUT2D eigenvalue weighted by molar-refractivity contribution is -0.141. The molecule has 13 amide bonds. The Labute approximate surface area is 663 Å². The molecule has 2 aromatic heterocycles. The number of para-hydroxylation sites is 2. The quantitative estimate of drug-likeness (QED) is 0.0175. The van der Waals surface area contributed by atoms with Gasteiger partial charge in [-0.25, -0.2) is 8.42 Å². The standard InChI is InChI=1S/C77H105N19O18S/c1-6-8-22-53-68(105)88-54(25-15-16-29-78)69(106)90-57(34-47-37-84-51-24-14-12-21-49(47)51)73(110)94-63(41(3)4)74(111)96-76(65(79)102)115(113,114)40-61(99)87-55(32-43-27-28-44-18-9-10-19-45(44)31-43)72(109)95-64(42(5)7-2)75(112)93-59(39-97)66(103)85-38-60(98)86-52(26-17-30-82-77(80)81)67(104)92-58(35-62(100)101)71(108)91-56(70(107)89-53)33-46-36-83-50-23-13-11-20-48(46)50/h9-14,18-21,23-24,27-28,31,36-37,41-42,52-59,63-64,76,83-84,97H,6-8,15-17,22,25-26,29-30,32-35,38-40,78H2,1-5H3,(H2,79,102)(H,85,103)(H,86,98)(H,87,99)(H,88,105)(H,89,107)(H,90,106)(H,91,108)(H,92,104)(H,93,112)(H,94,110)(H,95,109)(H,96,111)(H,100,101)(H4,80,81,82)/t42-,52?,53+,54-,55+,56-,57-,58+,59+,63-,64+,76-/m0/s1. The van der Waals surface area contributed by atoms with Crippen molar-refractivity contribution in [3.63, 3.8) is 0 Å². The fourth-order valence-corrected chi connectivity index (χ4v) is 14.3. The van der Waals surface area contributed by atoms with Crippen LogP contribution in [0, 0.1) is 17.2 Å². The van der Waals surface area contributed by atoms with Crippen molar-refractivity contribution >= 4 is 131 Å². The zero-order chi connectivity index (χ0) is 84.2. The number of aromatic amines is 2. The largest absolute Gasteiger partial charge is 0.481 e. The maximum atomic E-state index is 15.1. The highest BCUT2D eigenvalue weighted by atomic mass is 32.2. The molecule has 0 saturated carbocycles. The third-order valence-electron chi connectivity index (χ3n) is 19.6. The van der Waals surface area contributed by atoms with Crippen molar-refractivity contribution in [2.45, 2.75) is 184 Å². The minimum absolute atomic E-state index is 0.0234. The smallest absolute Gasteiger partial charge is 0.305 e. The van der Waals surface area contributed by atoms with Crippen LogP contribution in [0.3, 0.4) is 0 Å². The van der Waals surface area contributed by atoms with Crippen LogP contribution in [0.4, 0.5) is 0 Å². The number of carboxylic acids is 1. The number of amides is 13. The number of aliphatic hydroxyl groups excluding tert-OH is 1. The van der Waals surface area contributed by atoms with E-state index in [9.17, 15) is 71.4 Å². The molecule has 0 aliphatic carbocycles. The summed E-state index contributed by atoms with van der Waals surface area (Å²) in [7, 11) is -5.25. The maximum Gasteiger partial charge on any atom is 0.305 e. The lowest BCUT2D eigenvalue weighted by Gasteiger charge is -2.29. The number of aliphatic hydroxyl groups is 1. The van der Waals surface area contributed by atoms with Crippen molar-refractivity contribution in [3.05, 3.63) is 120 Å². The summed E-state index contributed by atoms with van der Waals surface area (Å²) in [6.07, 6.45) is 1.97. The molecule has 4 aromatic carbocycles. The van der Waals surface area contributed by atoms with Gasteiger partial charge in [-0.15, -0.1) is 0 Å². The Bertz CT molecular complexity index is 4630. The van der Waals surface area contributed by atoms with E-state index < -0.39 is 202 Å². The van der Waals surface area contributed by atoms with Gasteiger partial charge in [0.15, 0.2) is 15.8 Å². The van der Waals surface area contributed by atoms with Gasteiger partial charge in [-0.1, -0.05) is 133 Å². The van der Waals surface area contributed by atoms with E-state index in [4.69, 9.17) is 22.6 Å². The molecule has 1 fully saturated rings. The number of H-pyrrole nitrogens is 2. The minimum Gasteiger partial charge on any atom is -0.481 e. The van der Waals surface area contributed by atoms with Crippen LogP contribution < -0.4 is 86.3 Å². The highest BCUT2D eigenvalue weighted by Gasteiger charge is 2.41. The van der Waals surface area contributed by atoms with Gasteiger partial charge < -0.3 is 107 Å². The predicted molar refractivity (Wildman–Crippen MR) is 424 cm³/mol. The van der Waals surface area contributed by atoms with E-state index in [1.54, 1.807) is 111 Å². The number of fused-ring (bicyclic) bond motifs is 3. The second kappa shape index (κ2) is 43.3. The molecule has 1 aliphatic heterocycles. The topological polar surface area (TPSA) is 603 Å². The Balaban J connectivity index is 1.30. The molecule has 1 saturated heterocycles. The molecule has 12 atom stereocenters. The molecule has 0 spiro atoms. The molecule has 3 heterocycles. The Kier molecular flexibility index (Phi) is 33.9. The Morgan fingerprint density at radius 3 is 1.53 bits per heavy atom. The molecule has 1 unspecified atom stereocenters. The molecular formula is C77H105N19O18S. The van der Waals surface area contributed by atoms with Crippen LogP contribution in [-0.2, 0) is 96.2 Å². The van der Waals surface area contributed by atoms with E-state index in [0.29, 0.717) is 56.7 Å². The molecule has 0 radical (unpaired) electrons. The second-order valence-electron chi connectivity index (χ2n) is 28.7. The van der Waals surface area contributed by atoms with E-state index >= 15 is 14.4 Å². The van der Waals surface area contributed by atoms with Crippen LogP contribution in [0.15, 0.2) is 103 Å². The number of carboxylic acid groups (broad SMARTS) is 1. The fraction of sp³-hybridized carbons (Fsp3) is 0.468. The average Bonchev–Trinajstić information content (AvgIpc) is 1.73. The van der Waals surface area contributed by atoms with E-state index in [0.717, 1.165) is 5.39 Å². The van der Waals surface area contributed by atoms with Gasteiger partial charge in [-0.3, -0.25) is 72.5 Å². The Morgan fingerprint density at radius 1 is 0.522 bits per heavy atom. The minimum atomic E-state index is -5.25. The number of sulfone groups is 1. The van der Waals surface area contributed by atoms with Gasteiger partial charge in [-0.05, 0) is 96.5 Å². The molecule has 6 aromatic rings. The number of hydrogen-bond donors (Lipinski definition) is 21. The van der Waals surface area contributed by atoms with Gasteiger partial charge in [0.25, 0.3) is 5.91 Å². The monoisotopic (exact) mass is 1620 g/mol. The number of benzene rings is 4. The van der Waals surface area contributed by atoms with E-state index in [1.165, 1.54) is 20.8 Å². The van der Waals surface area contributed by atoms with E-state index in [1.807, 2.05) is 6.07 Å². The van der Waals surface area contributed by atoms with Crippen LogP contribution >= 0.6 is 0 Å². The molecule has 24 N–H and O–H groups in total. The van der Waals surface area contributed by atoms with E-state index in [2.05, 4.69) is 79.1 Å². The Morgan fingerprint density at radius 2 is 0.991 bits per heavy atom. The van der Waals surface area contributed by atoms with Crippen molar-refractivity contribution in [1.29, 1.82) is 5.41 Å². The first kappa shape index (κ1) is 90.1. The fourth-order valence-electron chi connectivity index (χ4n) is 13.0. The number of aromatic nitrogens is 2. The average molecular weight is 1620 g/mol. The summed E-state index contributed by atoms with van der Waals surface area (Å²) in [6, 6.07) is 9.11. The third kappa shape index (κ3) is 26.5. The number of guanidine groups is 1. The first-order chi connectivity index (χ1) is 54.7. The zero-order valence-electron chi connectivity index (χ0n) is 64.6. The number of aliphatic carboxylic acids is 1. The van der Waals surface area contributed by atoms with E-state index in [-0.39, 0.29) is 77.3 Å². The lowest BCUT2D eigenvalue weighted by Crippen LogP contribution is -2.62. The van der Waals surface area contributed by atoms with Gasteiger partial charge >= 0.3 is 5.97 Å². The van der Waals surface area contributed by atoms with Gasteiger partial charge in [0.05, 0.1) is 19.6 Å². The van der Waals surface area contributed by atoms with Crippen molar-refractivity contribution in [2.24, 2.45) is 29.0 Å². The summed E-state index contributed by atoms with van der Waals surface area (Å²) >= 11 is 0. The molecular weight excluding hydrogens is 1510 g/mol. The number of nitrogens with two attached hydrogens (primary N) is 3. The molecule has 1 aliphatic rings. The molecule has 38 heteroatoms. The third-order valence-corrected chi connectivity index (χ3v) is 21.3. The molecule has 37 nitrogen and oxygen atoms in total. The van der Waals surface area contributed by atoms with Gasteiger partial charge in [-0.2, -0.15) is 0 Å². The van der Waals surface area contributed by atoms with Crippen molar-refractivity contribution in [3.8, 4) is 0 Å². The van der Waals surface area contributed by atoms with Gasteiger partial charge in [0, 0.05) is 60.0 Å². The van der Waals surface area contributed by atoms with Crippen LogP contribution in [0.1, 0.15) is 116 Å². The number of hydrogen-bond acceptors (Lipinski definition) is 19. The number of rotatable bonds is 24. The number of carbonyl (C=O) groups is 14. The lowest BCUT2D eigenvalue weighted by atomic mass is 9.96. The number of unbranched alkanes of at least 4 members (excludes halogenated alkanes) is 2. The first-order valence-corrected chi connectivity index (χ1v) is 39.7. The van der Waals surface area contributed by atoms with Crippen LogP contribution in [0.25, 0.3) is 32.6 Å². The molecule has 0 bridgehead atoms. The normalized spacial score (nSPS) is 23.2. The molecule has 7 rings (SSSR count). The zero-order valence-corrected chi connectivity index (χ0v) is 65.4. The summed E-state index contributed by atoms with van der Waals surface area (Å²) in [5.41, 5.74) is 19.7. The number of carbonyl (C=O) groups excluding carboxylic acids is 13. The van der Waals surface area contributed by atoms with Crippen molar-refractivity contribution < 1.29 is 85.8 Å². The molecule has 622 valence electrons. The highest BCUT2D eigenvalue weighted by Crippen LogP contribution is 2.24.